The van der Waals surface area contributed by atoms with Gasteiger partial charge in [0, 0.05) is 13.1 Å². The number of benzene rings is 2. The molecule has 26 heavy (non-hydrogen) atoms. The normalized spacial score (nSPS) is 18.7. The number of halogens is 1. The molecule has 1 heterocycles. The van der Waals surface area contributed by atoms with E-state index in [1.165, 1.54) is 16.4 Å². The van der Waals surface area contributed by atoms with Crippen molar-refractivity contribution in [1.29, 1.82) is 0 Å². The van der Waals surface area contributed by atoms with Gasteiger partial charge in [-0.25, -0.2) is 12.8 Å². The van der Waals surface area contributed by atoms with Crippen molar-refractivity contribution in [3.8, 4) is 5.75 Å². The summed E-state index contributed by atoms with van der Waals surface area (Å²) in [6, 6.07) is 9.33. The smallest absolute Gasteiger partial charge is 0.243 e. The SMILES string of the molecule is COc1cc(C)c(S(=O)(=O)N2CCOC(c3ccc(F)cc3)C2)cc1C. The van der Waals surface area contributed by atoms with Crippen LogP contribution in [0.1, 0.15) is 22.8 Å². The maximum Gasteiger partial charge on any atom is 0.243 e. The molecule has 0 amide bonds. The second-order valence-corrected chi connectivity index (χ2v) is 8.27. The third-order valence-corrected chi connectivity index (χ3v) is 6.59. The lowest BCUT2D eigenvalue weighted by molar-refractivity contribution is -0.00259. The summed E-state index contributed by atoms with van der Waals surface area (Å²) in [5.74, 6) is 0.325. The van der Waals surface area contributed by atoms with Gasteiger partial charge in [-0.3, -0.25) is 0 Å². The van der Waals surface area contributed by atoms with Crippen LogP contribution >= 0.6 is 0 Å². The summed E-state index contributed by atoms with van der Waals surface area (Å²) in [7, 11) is -2.10. The Hall–Kier alpha value is -1.96. The van der Waals surface area contributed by atoms with Crippen LogP contribution in [0.25, 0.3) is 0 Å². The first-order chi connectivity index (χ1) is 12.3. The maximum atomic E-state index is 13.2. The van der Waals surface area contributed by atoms with Crippen LogP contribution in [-0.4, -0.2) is 39.5 Å². The van der Waals surface area contributed by atoms with Crippen molar-refractivity contribution < 1.29 is 22.3 Å². The van der Waals surface area contributed by atoms with Gasteiger partial charge in [-0.1, -0.05) is 12.1 Å². The van der Waals surface area contributed by atoms with E-state index in [2.05, 4.69) is 0 Å². The fourth-order valence-corrected chi connectivity index (χ4v) is 4.84. The highest BCUT2D eigenvalue weighted by Gasteiger charge is 2.32. The van der Waals surface area contributed by atoms with Gasteiger partial charge in [0.25, 0.3) is 0 Å². The number of morpholine rings is 1. The van der Waals surface area contributed by atoms with Crippen molar-refractivity contribution in [2.45, 2.75) is 24.8 Å². The van der Waals surface area contributed by atoms with Gasteiger partial charge < -0.3 is 9.47 Å². The topological polar surface area (TPSA) is 55.8 Å². The first kappa shape index (κ1) is 18.8. The Bertz CT molecular complexity index is 897. The fraction of sp³-hybridized carbons (Fsp3) is 0.368. The number of nitrogens with zero attached hydrogens (tertiary/aromatic N) is 1. The molecule has 0 aliphatic carbocycles. The zero-order valence-electron chi connectivity index (χ0n) is 15.0. The fourth-order valence-electron chi connectivity index (χ4n) is 3.12. The second-order valence-electron chi connectivity index (χ2n) is 6.36. The number of hydrogen-bond acceptors (Lipinski definition) is 4. The van der Waals surface area contributed by atoms with Crippen LogP contribution < -0.4 is 4.74 Å². The predicted molar refractivity (Wildman–Crippen MR) is 96.3 cm³/mol. The second kappa shape index (κ2) is 7.34. The van der Waals surface area contributed by atoms with Gasteiger partial charge >= 0.3 is 0 Å². The molecule has 2 aromatic rings. The Morgan fingerprint density at radius 1 is 1.15 bits per heavy atom. The van der Waals surface area contributed by atoms with Crippen LogP contribution in [0.3, 0.4) is 0 Å². The standard InChI is InChI=1S/C19H22FNO4S/c1-13-11-19(14(2)10-17(13)24-3)26(22,23)21-8-9-25-18(12-21)15-4-6-16(20)7-5-15/h4-7,10-11,18H,8-9,12H2,1-3H3. The van der Waals surface area contributed by atoms with E-state index in [9.17, 15) is 12.8 Å². The molecule has 5 nitrogen and oxygen atoms in total. The molecule has 140 valence electrons. The minimum absolute atomic E-state index is 0.193. The van der Waals surface area contributed by atoms with Gasteiger partial charge in [0.15, 0.2) is 0 Å². The highest BCUT2D eigenvalue weighted by atomic mass is 32.2. The Labute approximate surface area is 153 Å². The van der Waals surface area contributed by atoms with E-state index in [0.717, 1.165) is 11.1 Å². The summed E-state index contributed by atoms with van der Waals surface area (Å²) in [6.45, 7) is 4.34. The maximum absolute atomic E-state index is 13.2. The summed E-state index contributed by atoms with van der Waals surface area (Å²) in [4.78, 5) is 0.274. The zero-order chi connectivity index (χ0) is 18.9. The molecule has 1 aliphatic heterocycles. The van der Waals surface area contributed by atoms with Crippen LogP contribution in [0.5, 0.6) is 5.75 Å². The number of sulfonamides is 1. The molecule has 2 aromatic carbocycles. The van der Waals surface area contributed by atoms with E-state index in [0.29, 0.717) is 11.3 Å². The van der Waals surface area contributed by atoms with Crippen LogP contribution in [-0.2, 0) is 14.8 Å². The lowest BCUT2D eigenvalue weighted by Gasteiger charge is -2.32. The Kier molecular flexibility index (Phi) is 5.32. The molecule has 0 spiro atoms. The Balaban J connectivity index is 1.89. The van der Waals surface area contributed by atoms with Crippen molar-refractivity contribution in [1.82, 2.24) is 4.31 Å². The van der Waals surface area contributed by atoms with Crippen LogP contribution in [0.15, 0.2) is 41.3 Å². The van der Waals surface area contributed by atoms with Gasteiger partial charge in [-0.05, 0) is 54.8 Å². The summed E-state index contributed by atoms with van der Waals surface area (Å²) >= 11 is 0. The highest BCUT2D eigenvalue weighted by molar-refractivity contribution is 7.89. The van der Waals surface area contributed by atoms with Gasteiger partial charge in [-0.2, -0.15) is 4.31 Å². The van der Waals surface area contributed by atoms with Crippen LogP contribution in [0.2, 0.25) is 0 Å². The molecular weight excluding hydrogens is 357 g/mol. The number of ether oxygens (including phenoxy) is 2. The van der Waals surface area contributed by atoms with Gasteiger partial charge in [-0.15, -0.1) is 0 Å². The quantitative estimate of drug-likeness (QED) is 0.819. The number of methoxy groups -OCH3 is 1. The van der Waals surface area contributed by atoms with E-state index < -0.39 is 16.1 Å². The molecule has 7 heteroatoms. The summed E-state index contributed by atoms with van der Waals surface area (Å²) in [5.41, 5.74) is 2.16. The molecular formula is C19H22FNO4S. The summed E-state index contributed by atoms with van der Waals surface area (Å²) in [6.07, 6.45) is -0.418. The van der Waals surface area contributed by atoms with Gasteiger partial charge in [0.2, 0.25) is 10.0 Å². The van der Waals surface area contributed by atoms with Crippen molar-refractivity contribution >= 4 is 10.0 Å². The number of hydrogen-bond donors (Lipinski definition) is 0. The van der Waals surface area contributed by atoms with Gasteiger partial charge in [0.05, 0.1) is 24.7 Å². The van der Waals surface area contributed by atoms with E-state index in [4.69, 9.17) is 9.47 Å². The zero-order valence-corrected chi connectivity index (χ0v) is 15.8. The van der Waals surface area contributed by atoms with Crippen molar-refractivity contribution in [2.24, 2.45) is 0 Å². The number of rotatable bonds is 4. The monoisotopic (exact) mass is 379 g/mol. The molecule has 0 saturated carbocycles. The molecule has 1 atom stereocenters. The molecule has 1 unspecified atom stereocenters. The lowest BCUT2D eigenvalue weighted by atomic mass is 10.1. The van der Waals surface area contributed by atoms with Gasteiger partial charge in [0.1, 0.15) is 11.6 Å². The molecule has 0 aromatic heterocycles. The highest BCUT2D eigenvalue weighted by Crippen LogP contribution is 2.31. The molecule has 1 fully saturated rings. The van der Waals surface area contributed by atoms with Crippen LogP contribution in [0.4, 0.5) is 4.39 Å². The molecule has 0 N–H and O–H groups in total. The third-order valence-electron chi connectivity index (χ3n) is 4.58. The molecule has 0 radical (unpaired) electrons. The largest absolute Gasteiger partial charge is 0.496 e. The Morgan fingerprint density at radius 3 is 2.50 bits per heavy atom. The van der Waals surface area contributed by atoms with E-state index in [1.807, 2.05) is 6.92 Å². The molecule has 1 aliphatic rings. The van der Waals surface area contributed by atoms with E-state index in [1.54, 1.807) is 38.3 Å². The third kappa shape index (κ3) is 3.60. The van der Waals surface area contributed by atoms with E-state index in [-0.39, 0.29) is 30.4 Å². The minimum Gasteiger partial charge on any atom is -0.496 e. The van der Waals surface area contributed by atoms with Crippen molar-refractivity contribution in [3.05, 3.63) is 58.9 Å². The molecule has 3 rings (SSSR count). The van der Waals surface area contributed by atoms with Crippen molar-refractivity contribution in [2.75, 3.05) is 26.8 Å². The average Bonchev–Trinajstić information content (AvgIpc) is 2.64. The number of aryl methyl sites for hydroxylation is 2. The summed E-state index contributed by atoms with van der Waals surface area (Å²) in [5, 5.41) is 0. The summed E-state index contributed by atoms with van der Waals surface area (Å²) < 4.78 is 51.8. The Morgan fingerprint density at radius 2 is 1.85 bits per heavy atom. The first-order valence-electron chi connectivity index (χ1n) is 8.35. The average molecular weight is 379 g/mol. The van der Waals surface area contributed by atoms with E-state index >= 15 is 0 Å². The predicted octanol–water partition coefficient (Wildman–Crippen LogP) is 3.21. The van der Waals surface area contributed by atoms with Crippen LogP contribution in [0, 0.1) is 19.7 Å². The molecule has 0 bridgehead atoms. The van der Waals surface area contributed by atoms with Crippen molar-refractivity contribution in [3.63, 3.8) is 0 Å². The first-order valence-corrected chi connectivity index (χ1v) is 9.79. The molecule has 1 saturated heterocycles. The minimum atomic E-state index is -3.67. The lowest BCUT2D eigenvalue weighted by Crippen LogP contribution is -2.42.